The van der Waals surface area contributed by atoms with Gasteiger partial charge in [0.25, 0.3) is 0 Å². The van der Waals surface area contributed by atoms with Gasteiger partial charge >= 0.3 is 0 Å². The molecule has 1 aliphatic heterocycles. The van der Waals surface area contributed by atoms with Gasteiger partial charge in [-0.1, -0.05) is 30.0 Å². The summed E-state index contributed by atoms with van der Waals surface area (Å²) < 4.78 is 5.56. The number of hydrogen-bond acceptors (Lipinski definition) is 3. The molecule has 1 aliphatic rings. The third-order valence-electron chi connectivity index (χ3n) is 3.90. The van der Waals surface area contributed by atoms with Gasteiger partial charge in [0, 0.05) is 18.2 Å². The average molecular weight is 281 g/mol. The van der Waals surface area contributed by atoms with Crippen molar-refractivity contribution in [1.29, 1.82) is 0 Å². The van der Waals surface area contributed by atoms with Crippen LogP contribution in [0.15, 0.2) is 53.1 Å². The van der Waals surface area contributed by atoms with Crippen LogP contribution in [0.5, 0.6) is 0 Å². The molecule has 3 nitrogen and oxygen atoms in total. The van der Waals surface area contributed by atoms with E-state index in [4.69, 9.17) is 4.42 Å². The summed E-state index contributed by atoms with van der Waals surface area (Å²) in [5.41, 5.74) is 0.994. The highest BCUT2D eigenvalue weighted by Crippen LogP contribution is 2.29. The minimum Gasteiger partial charge on any atom is -0.467 e. The van der Waals surface area contributed by atoms with E-state index in [1.807, 2.05) is 42.5 Å². The topological polar surface area (TPSA) is 36.6 Å². The zero-order chi connectivity index (χ0) is 14.5. The second-order valence-corrected chi connectivity index (χ2v) is 5.27. The third kappa shape index (κ3) is 3.18. The number of nitrogens with zero attached hydrogens (tertiary/aromatic N) is 1. The molecule has 2 aromatic rings. The molecule has 0 amide bonds. The standard InChI is InChI=1S/C18H19NO2/c20-14-16-8-4-12-19(16)17(18-9-5-13-21-18)11-10-15-6-2-1-3-7-15/h1-3,5-7,9,13,16-17,20H,4,8,12,14H2/t16-,17+/m0/s1. The zero-order valence-corrected chi connectivity index (χ0v) is 11.9. The number of rotatable bonds is 3. The first kappa shape index (κ1) is 13.9. The summed E-state index contributed by atoms with van der Waals surface area (Å²) in [5.74, 6) is 7.38. The Balaban J connectivity index is 1.89. The van der Waals surface area contributed by atoms with E-state index in [0.29, 0.717) is 0 Å². The van der Waals surface area contributed by atoms with Crippen LogP contribution in [0.4, 0.5) is 0 Å². The van der Waals surface area contributed by atoms with Crippen molar-refractivity contribution in [1.82, 2.24) is 4.90 Å². The summed E-state index contributed by atoms with van der Waals surface area (Å²) in [5, 5.41) is 9.55. The number of aliphatic hydroxyl groups is 1. The molecule has 21 heavy (non-hydrogen) atoms. The molecule has 2 atom stereocenters. The Hall–Kier alpha value is -2.02. The van der Waals surface area contributed by atoms with Crippen LogP contribution < -0.4 is 0 Å². The minimum atomic E-state index is -0.0974. The Kier molecular flexibility index (Phi) is 4.40. The summed E-state index contributed by atoms with van der Waals surface area (Å²) in [6.45, 7) is 1.12. The van der Waals surface area contributed by atoms with Crippen molar-refractivity contribution in [3.05, 3.63) is 60.1 Å². The number of aliphatic hydroxyl groups excluding tert-OH is 1. The van der Waals surface area contributed by atoms with Crippen molar-refractivity contribution in [2.24, 2.45) is 0 Å². The van der Waals surface area contributed by atoms with Gasteiger partial charge in [-0.3, -0.25) is 4.90 Å². The highest BCUT2D eigenvalue weighted by Gasteiger charge is 2.31. The molecule has 0 unspecified atom stereocenters. The van der Waals surface area contributed by atoms with Crippen LogP contribution in [0.3, 0.4) is 0 Å². The first-order valence-electron chi connectivity index (χ1n) is 7.35. The van der Waals surface area contributed by atoms with Gasteiger partial charge < -0.3 is 9.52 Å². The van der Waals surface area contributed by atoms with E-state index < -0.39 is 0 Å². The molecule has 108 valence electrons. The molecule has 3 heteroatoms. The van der Waals surface area contributed by atoms with Crippen LogP contribution in [-0.4, -0.2) is 29.2 Å². The monoisotopic (exact) mass is 281 g/mol. The van der Waals surface area contributed by atoms with E-state index in [1.165, 1.54) is 0 Å². The molecule has 0 bridgehead atoms. The predicted octanol–water partition coefficient (Wildman–Crippen LogP) is 2.83. The van der Waals surface area contributed by atoms with Crippen molar-refractivity contribution in [3.8, 4) is 11.8 Å². The van der Waals surface area contributed by atoms with E-state index in [1.54, 1.807) is 6.26 Å². The van der Waals surface area contributed by atoms with E-state index in [0.717, 1.165) is 30.7 Å². The highest BCUT2D eigenvalue weighted by molar-refractivity contribution is 5.36. The molecule has 1 fully saturated rings. The Morgan fingerprint density at radius 2 is 2.10 bits per heavy atom. The smallest absolute Gasteiger partial charge is 0.133 e. The van der Waals surface area contributed by atoms with Crippen LogP contribution in [0.25, 0.3) is 0 Å². The number of hydrogen-bond donors (Lipinski definition) is 1. The fraction of sp³-hybridized carbons (Fsp3) is 0.333. The fourth-order valence-corrected chi connectivity index (χ4v) is 2.83. The van der Waals surface area contributed by atoms with Gasteiger partial charge in [0.1, 0.15) is 11.8 Å². The second kappa shape index (κ2) is 6.62. The molecule has 3 rings (SSSR count). The van der Waals surface area contributed by atoms with E-state index >= 15 is 0 Å². The Morgan fingerprint density at radius 3 is 2.81 bits per heavy atom. The lowest BCUT2D eigenvalue weighted by molar-refractivity contribution is 0.131. The predicted molar refractivity (Wildman–Crippen MR) is 81.6 cm³/mol. The van der Waals surface area contributed by atoms with Crippen LogP contribution in [-0.2, 0) is 0 Å². The van der Waals surface area contributed by atoms with Gasteiger partial charge in [0.2, 0.25) is 0 Å². The van der Waals surface area contributed by atoms with Crippen molar-refractivity contribution < 1.29 is 9.52 Å². The number of furan rings is 1. The quantitative estimate of drug-likeness (QED) is 0.879. The summed E-state index contributed by atoms with van der Waals surface area (Å²) in [6.07, 6.45) is 3.78. The summed E-state index contributed by atoms with van der Waals surface area (Å²) in [7, 11) is 0. The Morgan fingerprint density at radius 1 is 1.24 bits per heavy atom. The highest BCUT2D eigenvalue weighted by atomic mass is 16.3. The van der Waals surface area contributed by atoms with Gasteiger partial charge in [-0.2, -0.15) is 0 Å². The minimum absolute atomic E-state index is 0.0974. The Labute approximate surface area is 125 Å². The van der Waals surface area contributed by atoms with Gasteiger partial charge in [0.15, 0.2) is 0 Å². The second-order valence-electron chi connectivity index (χ2n) is 5.27. The van der Waals surface area contributed by atoms with E-state index in [9.17, 15) is 5.11 Å². The first-order valence-corrected chi connectivity index (χ1v) is 7.35. The summed E-state index contributed by atoms with van der Waals surface area (Å²) in [4.78, 5) is 2.24. The third-order valence-corrected chi connectivity index (χ3v) is 3.90. The van der Waals surface area contributed by atoms with Crippen LogP contribution in [0.2, 0.25) is 0 Å². The van der Waals surface area contributed by atoms with Crippen LogP contribution >= 0.6 is 0 Å². The summed E-state index contributed by atoms with van der Waals surface area (Å²) in [6, 6.07) is 13.9. The van der Waals surface area contributed by atoms with Gasteiger partial charge in [-0.15, -0.1) is 0 Å². The van der Waals surface area contributed by atoms with Crippen molar-refractivity contribution in [2.45, 2.75) is 24.9 Å². The molecule has 0 spiro atoms. The molecule has 0 saturated carbocycles. The molecule has 1 saturated heterocycles. The zero-order valence-electron chi connectivity index (χ0n) is 11.9. The van der Waals surface area contributed by atoms with Gasteiger partial charge in [0.05, 0.1) is 12.9 Å². The van der Waals surface area contributed by atoms with Gasteiger partial charge in [-0.05, 0) is 37.1 Å². The van der Waals surface area contributed by atoms with Gasteiger partial charge in [-0.25, -0.2) is 0 Å². The average Bonchev–Trinajstić information content (AvgIpc) is 3.20. The molecule has 0 aliphatic carbocycles. The largest absolute Gasteiger partial charge is 0.467 e. The van der Waals surface area contributed by atoms with Crippen molar-refractivity contribution >= 4 is 0 Å². The van der Waals surface area contributed by atoms with E-state index in [2.05, 4.69) is 16.7 Å². The molecule has 1 aromatic carbocycles. The number of likely N-dealkylation sites (tertiary alicyclic amines) is 1. The molecule has 1 N–H and O–H groups in total. The molecular weight excluding hydrogens is 262 g/mol. The Bertz CT molecular complexity index is 610. The maximum Gasteiger partial charge on any atom is 0.133 e. The van der Waals surface area contributed by atoms with Crippen molar-refractivity contribution in [3.63, 3.8) is 0 Å². The lowest BCUT2D eigenvalue weighted by atomic mass is 10.1. The molecule has 0 radical (unpaired) electrons. The first-order chi connectivity index (χ1) is 10.4. The molecule has 1 aromatic heterocycles. The molecular formula is C18H19NO2. The lowest BCUT2D eigenvalue weighted by Gasteiger charge is -2.27. The normalized spacial score (nSPS) is 20.0. The number of benzene rings is 1. The van der Waals surface area contributed by atoms with E-state index in [-0.39, 0.29) is 18.7 Å². The van der Waals surface area contributed by atoms with Crippen LogP contribution in [0, 0.1) is 11.8 Å². The maximum atomic E-state index is 9.55. The lowest BCUT2D eigenvalue weighted by Crippen LogP contribution is -2.35. The summed E-state index contributed by atoms with van der Waals surface area (Å²) >= 11 is 0. The van der Waals surface area contributed by atoms with Crippen LogP contribution in [0.1, 0.15) is 30.2 Å². The fourth-order valence-electron chi connectivity index (χ4n) is 2.83. The maximum absolute atomic E-state index is 9.55. The van der Waals surface area contributed by atoms with Crippen molar-refractivity contribution in [2.75, 3.05) is 13.2 Å². The SMILES string of the molecule is OC[C@@H]1CCCN1[C@H](C#Cc1ccccc1)c1ccco1. The molecule has 2 heterocycles.